The first-order valence-electron chi connectivity index (χ1n) is 8.76. The standard InChI is InChI=1S/C18H20F3N3O2/c19-18(20,21)16-22-15(26-23-16)11-24-9-12-5-4-8-17(25,14(12)10-24)13-6-2-1-3-7-13/h1-3,6-7,12,14,25H,4-5,8-11H2/t12-,14+,17+/m0/s1. The SMILES string of the molecule is O[C@@]1(c2ccccc2)CCC[C@H]2CN(Cc3nc(C(F)(F)F)no3)C[C@H]21. The molecule has 1 N–H and O–H groups in total. The molecule has 2 aliphatic rings. The van der Waals surface area contributed by atoms with Crippen LogP contribution in [-0.2, 0) is 18.3 Å². The summed E-state index contributed by atoms with van der Waals surface area (Å²) in [5, 5.41) is 14.4. The van der Waals surface area contributed by atoms with Crippen LogP contribution in [0.5, 0.6) is 0 Å². The molecule has 8 heteroatoms. The van der Waals surface area contributed by atoms with Crippen LogP contribution in [0.15, 0.2) is 34.9 Å². The van der Waals surface area contributed by atoms with Gasteiger partial charge in [-0.25, -0.2) is 0 Å². The Balaban J connectivity index is 1.50. The topological polar surface area (TPSA) is 62.4 Å². The van der Waals surface area contributed by atoms with Crippen LogP contribution >= 0.6 is 0 Å². The van der Waals surface area contributed by atoms with Crippen LogP contribution in [0.4, 0.5) is 13.2 Å². The van der Waals surface area contributed by atoms with Gasteiger partial charge in [0.25, 0.3) is 5.82 Å². The molecule has 1 aliphatic heterocycles. The molecule has 140 valence electrons. The normalized spacial score (nSPS) is 29.7. The van der Waals surface area contributed by atoms with E-state index < -0.39 is 17.6 Å². The van der Waals surface area contributed by atoms with Gasteiger partial charge in [0.1, 0.15) is 0 Å². The number of aromatic nitrogens is 2. The summed E-state index contributed by atoms with van der Waals surface area (Å²) in [6.45, 7) is 1.48. The third kappa shape index (κ3) is 3.12. The van der Waals surface area contributed by atoms with E-state index in [0.29, 0.717) is 25.4 Å². The van der Waals surface area contributed by atoms with E-state index in [1.807, 2.05) is 35.2 Å². The van der Waals surface area contributed by atoms with Gasteiger partial charge in [-0.05, 0) is 30.7 Å². The van der Waals surface area contributed by atoms with Crippen molar-refractivity contribution in [1.29, 1.82) is 0 Å². The number of alkyl halides is 3. The third-order valence-corrected chi connectivity index (χ3v) is 5.62. The molecule has 2 fully saturated rings. The van der Waals surface area contributed by atoms with E-state index in [0.717, 1.165) is 18.4 Å². The molecule has 1 aromatic carbocycles. The Bertz CT molecular complexity index is 765. The predicted molar refractivity (Wildman–Crippen MR) is 85.7 cm³/mol. The number of hydrogen-bond acceptors (Lipinski definition) is 5. The van der Waals surface area contributed by atoms with Gasteiger partial charge in [-0.3, -0.25) is 4.90 Å². The fraction of sp³-hybridized carbons (Fsp3) is 0.556. The lowest BCUT2D eigenvalue weighted by Gasteiger charge is -2.41. The van der Waals surface area contributed by atoms with Crippen molar-refractivity contribution in [1.82, 2.24) is 15.0 Å². The van der Waals surface area contributed by atoms with Crippen LogP contribution in [0.1, 0.15) is 36.5 Å². The van der Waals surface area contributed by atoms with Crippen LogP contribution in [0, 0.1) is 11.8 Å². The van der Waals surface area contributed by atoms with E-state index in [-0.39, 0.29) is 18.4 Å². The Labute approximate surface area is 148 Å². The van der Waals surface area contributed by atoms with Crippen molar-refractivity contribution in [2.24, 2.45) is 11.8 Å². The van der Waals surface area contributed by atoms with Crippen LogP contribution in [0.25, 0.3) is 0 Å². The number of halogens is 3. The quantitative estimate of drug-likeness (QED) is 0.903. The van der Waals surface area contributed by atoms with Gasteiger partial charge in [-0.2, -0.15) is 18.2 Å². The minimum Gasteiger partial charge on any atom is -0.385 e. The smallest absolute Gasteiger partial charge is 0.385 e. The highest BCUT2D eigenvalue weighted by Crippen LogP contribution is 2.48. The fourth-order valence-electron chi connectivity index (χ4n) is 4.45. The molecular weight excluding hydrogens is 347 g/mol. The minimum absolute atomic E-state index is 0.0424. The predicted octanol–water partition coefficient (Wildman–Crippen LogP) is 3.21. The summed E-state index contributed by atoms with van der Waals surface area (Å²) in [4.78, 5) is 5.45. The van der Waals surface area contributed by atoms with Gasteiger partial charge < -0.3 is 9.63 Å². The van der Waals surface area contributed by atoms with Crippen molar-refractivity contribution in [3.8, 4) is 0 Å². The Morgan fingerprint density at radius 3 is 2.69 bits per heavy atom. The molecule has 26 heavy (non-hydrogen) atoms. The first kappa shape index (κ1) is 17.5. The second kappa shape index (κ2) is 6.35. The molecule has 1 aromatic heterocycles. The molecule has 0 radical (unpaired) electrons. The van der Waals surface area contributed by atoms with Crippen LogP contribution < -0.4 is 0 Å². The molecule has 2 aromatic rings. The van der Waals surface area contributed by atoms with E-state index in [9.17, 15) is 18.3 Å². The Morgan fingerprint density at radius 1 is 1.23 bits per heavy atom. The highest BCUT2D eigenvalue weighted by molar-refractivity contribution is 5.25. The number of benzene rings is 1. The maximum Gasteiger partial charge on any atom is 0.455 e. The molecule has 1 aliphatic carbocycles. The van der Waals surface area contributed by atoms with Crippen molar-refractivity contribution in [2.45, 2.75) is 37.6 Å². The molecular formula is C18H20F3N3O2. The second-order valence-electron chi connectivity index (χ2n) is 7.25. The van der Waals surface area contributed by atoms with Crippen molar-refractivity contribution in [3.63, 3.8) is 0 Å². The van der Waals surface area contributed by atoms with Gasteiger partial charge in [-0.15, -0.1) is 0 Å². The number of nitrogens with zero attached hydrogens (tertiary/aromatic N) is 3. The molecule has 3 atom stereocenters. The summed E-state index contributed by atoms with van der Waals surface area (Å²) in [6, 6.07) is 9.64. The summed E-state index contributed by atoms with van der Waals surface area (Å²) >= 11 is 0. The number of likely N-dealkylation sites (tertiary alicyclic amines) is 1. The summed E-state index contributed by atoms with van der Waals surface area (Å²) in [6.07, 6.45) is -1.97. The largest absolute Gasteiger partial charge is 0.455 e. The molecule has 0 bridgehead atoms. The molecule has 0 spiro atoms. The zero-order valence-electron chi connectivity index (χ0n) is 14.1. The lowest BCUT2D eigenvalue weighted by Crippen LogP contribution is -2.42. The summed E-state index contributed by atoms with van der Waals surface area (Å²) in [7, 11) is 0. The van der Waals surface area contributed by atoms with E-state index in [1.165, 1.54) is 0 Å². The van der Waals surface area contributed by atoms with E-state index >= 15 is 0 Å². The molecule has 1 saturated carbocycles. The molecule has 2 heterocycles. The molecule has 1 saturated heterocycles. The van der Waals surface area contributed by atoms with E-state index in [2.05, 4.69) is 10.1 Å². The van der Waals surface area contributed by atoms with Gasteiger partial charge in [0.15, 0.2) is 0 Å². The summed E-state index contributed by atoms with van der Waals surface area (Å²) in [5.41, 5.74) is 0.0129. The number of aliphatic hydroxyl groups is 1. The third-order valence-electron chi connectivity index (χ3n) is 5.62. The van der Waals surface area contributed by atoms with Crippen molar-refractivity contribution in [3.05, 3.63) is 47.6 Å². The van der Waals surface area contributed by atoms with Gasteiger partial charge in [-0.1, -0.05) is 35.5 Å². The van der Waals surface area contributed by atoms with Crippen molar-refractivity contribution >= 4 is 0 Å². The van der Waals surface area contributed by atoms with E-state index in [4.69, 9.17) is 4.52 Å². The van der Waals surface area contributed by atoms with Gasteiger partial charge in [0, 0.05) is 19.0 Å². The van der Waals surface area contributed by atoms with E-state index in [1.54, 1.807) is 0 Å². The number of rotatable bonds is 3. The zero-order valence-corrected chi connectivity index (χ0v) is 14.1. The Morgan fingerprint density at radius 2 is 2.00 bits per heavy atom. The lowest BCUT2D eigenvalue weighted by atomic mass is 9.67. The fourth-order valence-corrected chi connectivity index (χ4v) is 4.45. The first-order chi connectivity index (χ1) is 12.4. The molecule has 4 rings (SSSR count). The minimum atomic E-state index is -4.60. The summed E-state index contributed by atoms with van der Waals surface area (Å²) in [5.74, 6) is -0.938. The molecule has 0 amide bonds. The van der Waals surface area contributed by atoms with Gasteiger partial charge in [0.2, 0.25) is 5.89 Å². The maximum atomic E-state index is 12.6. The average Bonchev–Trinajstić information content (AvgIpc) is 3.23. The molecule has 5 nitrogen and oxygen atoms in total. The Kier molecular flexibility index (Phi) is 4.27. The Hall–Kier alpha value is -1.93. The summed E-state index contributed by atoms with van der Waals surface area (Å²) < 4.78 is 42.6. The first-order valence-corrected chi connectivity index (χ1v) is 8.76. The maximum absolute atomic E-state index is 12.6. The average molecular weight is 367 g/mol. The number of fused-ring (bicyclic) bond motifs is 1. The van der Waals surface area contributed by atoms with Gasteiger partial charge >= 0.3 is 6.18 Å². The van der Waals surface area contributed by atoms with Crippen molar-refractivity contribution < 1.29 is 22.8 Å². The highest BCUT2D eigenvalue weighted by atomic mass is 19.4. The lowest BCUT2D eigenvalue weighted by molar-refractivity contribution is -0.146. The van der Waals surface area contributed by atoms with Crippen LogP contribution in [0.2, 0.25) is 0 Å². The number of hydrogen-bond donors (Lipinski definition) is 1. The van der Waals surface area contributed by atoms with Crippen LogP contribution in [-0.4, -0.2) is 33.2 Å². The monoisotopic (exact) mass is 367 g/mol. The van der Waals surface area contributed by atoms with Crippen LogP contribution in [0.3, 0.4) is 0 Å². The second-order valence-corrected chi connectivity index (χ2v) is 7.25. The zero-order chi connectivity index (χ0) is 18.4. The van der Waals surface area contributed by atoms with Gasteiger partial charge in [0.05, 0.1) is 12.1 Å². The van der Waals surface area contributed by atoms with Crippen molar-refractivity contribution in [2.75, 3.05) is 13.1 Å². The molecule has 0 unspecified atom stereocenters. The highest BCUT2D eigenvalue weighted by Gasteiger charge is 2.49.